The molecule has 0 heterocycles. The molecule has 4 atom stereocenters. The van der Waals surface area contributed by atoms with Gasteiger partial charge in [-0.3, -0.25) is 9.59 Å². The van der Waals surface area contributed by atoms with E-state index in [9.17, 15) is 14.4 Å². The van der Waals surface area contributed by atoms with Crippen molar-refractivity contribution in [2.24, 2.45) is 23.7 Å². The molecule has 0 fully saturated rings. The van der Waals surface area contributed by atoms with Crippen LogP contribution in [0.15, 0.2) is 0 Å². The normalized spacial score (nSPS) is 16.0. The van der Waals surface area contributed by atoms with Crippen molar-refractivity contribution in [2.75, 3.05) is 0 Å². The fraction of sp³-hybridized carbons (Fsp3) is 0.833. The molecule has 0 aromatic heterocycles. The Morgan fingerprint density at radius 1 is 1.00 bits per heavy atom. The average Bonchev–Trinajstić information content (AvgIpc) is 2.51. The van der Waals surface area contributed by atoms with Gasteiger partial charge in [-0.15, -0.1) is 0 Å². The van der Waals surface area contributed by atoms with Crippen molar-refractivity contribution in [3.05, 3.63) is 0 Å². The van der Waals surface area contributed by atoms with Crippen molar-refractivity contribution in [1.29, 1.82) is 0 Å². The van der Waals surface area contributed by atoms with E-state index in [0.29, 0.717) is 0 Å². The van der Waals surface area contributed by atoms with E-state index in [1.54, 1.807) is 27.7 Å². The minimum atomic E-state index is -1.01. The summed E-state index contributed by atoms with van der Waals surface area (Å²) in [6.07, 6.45) is -1.12. The lowest BCUT2D eigenvalue weighted by Gasteiger charge is -2.29. The third-order valence-electron chi connectivity index (χ3n) is 4.35. The van der Waals surface area contributed by atoms with Gasteiger partial charge in [0.25, 0.3) is 6.29 Å². The third-order valence-corrected chi connectivity index (χ3v) is 4.35. The molecule has 0 aromatic rings. The summed E-state index contributed by atoms with van der Waals surface area (Å²) >= 11 is 0. The van der Waals surface area contributed by atoms with Crippen LogP contribution >= 0.6 is 0 Å². The van der Waals surface area contributed by atoms with Crippen molar-refractivity contribution < 1.29 is 29.0 Å². The summed E-state index contributed by atoms with van der Waals surface area (Å²) < 4.78 is 10.4. The van der Waals surface area contributed by atoms with Gasteiger partial charge in [-0.1, -0.05) is 54.9 Å². The molecule has 0 radical (unpaired) electrons. The Bertz CT molecular complexity index is 449. The Morgan fingerprint density at radius 2 is 1.56 bits per heavy atom. The molecule has 0 saturated carbocycles. The number of carboxylic acids is 1. The van der Waals surface area contributed by atoms with Crippen LogP contribution in [0.3, 0.4) is 0 Å². The van der Waals surface area contributed by atoms with E-state index < -0.39 is 30.4 Å². The first-order valence-electron chi connectivity index (χ1n) is 8.88. The number of amides is 1. The molecule has 146 valence electrons. The van der Waals surface area contributed by atoms with E-state index in [1.807, 2.05) is 20.8 Å². The highest BCUT2D eigenvalue weighted by atomic mass is 16.7. The van der Waals surface area contributed by atoms with Crippen LogP contribution in [0, 0.1) is 23.7 Å². The number of carbonyl (C=O) groups excluding carboxylic acids is 2. The number of nitrogens with one attached hydrogen (secondary N) is 1. The quantitative estimate of drug-likeness (QED) is 0.458. The average molecular weight is 359 g/mol. The van der Waals surface area contributed by atoms with E-state index in [-0.39, 0.29) is 30.1 Å². The molecule has 1 amide bonds. The second-order valence-corrected chi connectivity index (χ2v) is 7.20. The minimum Gasteiger partial charge on any atom is -0.481 e. The first-order chi connectivity index (χ1) is 11.5. The number of aliphatic carboxylic acids is 1. The van der Waals surface area contributed by atoms with Crippen molar-refractivity contribution in [3.63, 3.8) is 0 Å². The number of esters is 1. The van der Waals surface area contributed by atoms with Crippen molar-refractivity contribution in [1.82, 2.24) is 5.32 Å². The Kier molecular flexibility index (Phi) is 10.2. The first-order valence-corrected chi connectivity index (χ1v) is 8.88. The predicted molar refractivity (Wildman–Crippen MR) is 93.8 cm³/mol. The van der Waals surface area contributed by atoms with Crippen molar-refractivity contribution in [3.8, 4) is 0 Å². The van der Waals surface area contributed by atoms with E-state index in [0.717, 1.165) is 6.42 Å². The summed E-state index contributed by atoms with van der Waals surface area (Å²) in [6, 6.07) is -0.562. The van der Waals surface area contributed by atoms with Crippen molar-refractivity contribution in [2.45, 2.75) is 73.6 Å². The fourth-order valence-electron chi connectivity index (χ4n) is 2.16. The molecule has 7 heteroatoms. The number of hydrogen-bond donors (Lipinski definition) is 2. The lowest BCUT2D eigenvalue weighted by atomic mass is 9.85. The van der Waals surface area contributed by atoms with E-state index in [4.69, 9.17) is 14.6 Å². The van der Waals surface area contributed by atoms with Crippen LogP contribution in [0.4, 0.5) is 4.79 Å². The summed E-state index contributed by atoms with van der Waals surface area (Å²) in [5.41, 5.74) is 0. The smallest absolute Gasteiger partial charge is 0.410 e. The molecule has 0 aliphatic carbocycles. The van der Waals surface area contributed by atoms with Crippen LogP contribution in [0.5, 0.6) is 0 Å². The topological polar surface area (TPSA) is 102 Å². The van der Waals surface area contributed by atoms with Crippen molar-refractivity contribution >= 4 is 18.0 Å². The molecule has 0 spiro atoms. The number of alkyl carbamates (subject to hydrolysis) is 1. The fourth-order valence-corrected chi connectivity index (χ4v) is 2.16. The molecule has 0 aliphatic rings. The number of rotatable bonds is 10. The monoisotopic (exact) mass is 359 g/mol. The number of hydrogen-bond acceptors (Lipinski definition) is 5. The van der Waals surface area contributed by atoms with Crippen LogP contribution in [0.1, 0.15) is 61.3 Å². The zero-order valence-corrected chi connectivity index (χ0v) is 16.4. The van der Waals surface area contributed by atoms with Gasteiger partial charge >= 0.3 is 18.0 Å². The lowest BCUT2D eigenvalue weighted by Crippen LogP contribution is -2.45. The Morgan fingerprint density at radius 3 is 1.96 bits per heavy atom. The van der Waals surface area contributed by atoms with Gasteiger partial charge in [-0.05, 0) is 11.8 Å². The summed E-state index contributed by atoms with van der Waals surface area (Å²) in [5, 5.41) is 11.7. The zero-order valence-electron chi connectivity index (χ0n) is 16.4. The third kappa shape index (κ3) is 8.74. The molecule has 25 heavy (non-hydrogen) atoms. The molecule has 0 unspecified atom stereocenters. The van der Waals surface area contributed by atoms with E-state index in [1.165, 1.54) is 0 Å². The van der Waals surface area contributed by atoms with Gasteiger partial charge in [0.15, 0.2) is 0 Å². The standard InChI is InChI=1S/C18H33NO6/c1-8-12(6)13(7)14(9-15(20)21)19-18(23)25-17(11(4)5)24-16(22)10(2)3/h10-14,17H,8-9H2,1-7H3,(H,19,23)(H,20,21)/t12-,13-,14-,17+/m1/s1. The molecule has 0 bridgehead atoms. The van der Waals surface area contributed by atoms with Gasteiger partial charge in [-0.25, -0.2) is 4.79 Å². The molecule has 7 nitrogen and oxygen atoms in total. The van der Waals surface area contributed by atoms with Gasteiger partial charge in [0.2, 0.25) is 0 Å². The molecule has 0 aromatic carbocycles. The highest BCUT2D eigenvalue weighted by Gasteiger charge is 2.29. The Balaban J connectivity index is 4.95. The summed E-state index contributed by atoms with van der Waals surface area (Å²) in [7, 11) is 0. The van der Waals surface area contributed by atoms with Crippen LogP contribution in [-0.2, 0) is 19.1 Å². The van der Waals surface area contributed by atoms with Gasteiger partial charge in [0, 0.05) is 12.0 Å². The predicted octanol–water partition coefficient (Wildman–Crippen LogP) is 3.42. The Hall–Kier alpha value is -1.79. The van der Waals surface area contributed by atoms with E-state index >= 15 is 0 Å². The molecular weight excluding hydrogens is 326 g/mol. The number of carbonyl (C=O) groups is 3. The van der Waals surface area contributed by atoms with E-state index in [2.05, 4.69) is 5.32 Å². The van der Waals surface area contributed by atoms with Gasteiger partial charge in [-0.2, -0.15) is 0 Å². The Labute approximate surface area is 150 Å². The molecule has 0 aliphatic heterocycles. The number of ether oxygens (including phenoxy) is 2. The van der Waals surface area contributed by atoms with Gasteiger partial charge < -0.3 is 19.9 Å². The number of carboxylic acid groups (broad SMARTS) is 1. The second-order valence-electron chi connectivity index (χ2n) is 7.20. The second kappa shape index (κ2) is 10.9. The summed E-state index contributed by atoms with van der Waals surface area (Å²) in [4.78, 5) is 35.0. The van der Waals surface area contributed by atoms with Crippen LogP contribution in [0.25, 0.3) is 0 Å². The van der Waals surface area contributed by atoms with Crippen LogP contribution in [0.2, 0.25) is 0 Å². The first kappa shape index (κ1) is 23.2. The van der Waals surface area contributed by atoms with Gasteiger partial charge in [0.05, 0.1) is 12.3 Å². The zero-order chi connectivity index (χ0) is 19.7. The maximum absolute atomic E-state index is 12.2. The van der Waals surface area contributed by atoms with Gasteiger partial charge in [0.1, 0.15) is 0 Å². The molecule has 2 N–H and O–H groups in total. The minimum absolute atomic E-state index is 0.0376. The van der Waals surface area contributed by atoms with Crippen LogP contribution in [-0.4, -0.2) is 35.5 Å². The highest BCUT2D eigenvalue weighted by molar-refractivity contribution is 5.73. The largest absolute Gasteiger partial charge is 0.481 e. The molecule has 0 saturated heterocycles. The summed E-state index contributed by atoms with van der Waals surface area (Å²) in [5.74, 6) is -1.81. The molecular formula is C18H33NO6. The highest BCUT2D eigenvalue weighted by Crippen LogP contribution is 2.21. The lowest BCUT2D eigenvalue weighted by molar-refractivity contribution is -0.178. The SMILES string of the molecule is CC[C@@H](C)[C@@H](C)[C@@H](CC(=O)O)NC(=O)O[C@H](OC(=O)C(C)C)C(C)C. The van der Waals surface area contributed by atoms with Crippen LogP contribution < -0.4 is 5.32 Å². The molecule has 0 rings (SSSR count). The maximum Gasteiger partial charge on any atom is 0.410 e. The summed E-state index contributed by atoms with van der Waals surface area (Å²) in [6.45, 7) is 12.8. The maximum atomic E-state index is 12.2.